The summed E-state index contributed by atoms with van der Waals surface area (Å²) in [5.74, 6) is -1.67. The molecule has 1 N–H and O–H groups in total. The van der Waals surface area contributed by atoms with E-state index in [1.807, 2.05) is 6.07 Å². The van der Waals surface area contributed by atoms with Gasteiger partial charge in [-0.3, -0.25) is 3.97 Å². The van der Waals surface area contributed by atoms with Gasteiger partial charge in [0.2, 0.25) is 0 Å². The Hall–Kier alpha value is -5.97. The van der Waals surface area contributed by atoms with Crippen LogP contribution in [-0.2, 0) is 11.0 Å². The van der Waals surface area contributed by atoms with Crippen LogP contribution in [0.5, 0.6) is 0 Å². The Bertz CT molecular complexity index is 2300. The number of aromatic carboxylic acids is 1. The van der Waals surface area contributed by atoms with Crippen LogP contribution < -0.4 is 0 Å². The Morgan fingerprint density at radius 2 is 1.49 bits per heavy atom. The van der Waals surface area contributed by atoms with Crippen molar-refractivity contribution in [2.24, 2.45) is 0 Å². The molecule has 1 atom stereocenters. The Kier molecular flexibility index (Phi) is 8.21. The van der Waals surface area contributed by atoms with E-state index in [1.54, 1.807) is 43.3 Å². The van der Waals surface area contributed by atoms with Gasteiger partial charge in [-0.1, -0.05) is 42.5 Å². The monoisotopic (exact) mass is 645 g/mol. The van der Waals surface area contributed by atoms with E-state index in [2.05, 4.69) is 12.1 Å². The van der Waals surface area contributed by atoms with Gasteiger partial charge in [0.05, 0.1) is 44.9 Å². The number of hydrogen-bond acceptors (Lipinski definition) is 4. The van der Waals surface area contributed by atoms with E-state index in [9.17, 15) is 37.8 Å². The molecular formula is C37H22F3N3O3S. The summed E-state index contributed by atoms with van der Waals surface area (Å²) in [6.07, 6.45) is -2.72. The van der Waals surface area contributed by atoms with Crippen molar-refractivity contribution in [2.75, 3.05) is 0 Å². The molecule has 6 aromatic rings. The number of aryl methyl sites for hydroxylation is 1. The highest BCUT2D eigenvalue weighted by atomic mass is 32.2. The fourth-order valence-corrected chi connectivity index (χ4v) is 7.00. The number of fused-ring (bicyclic) bond motifs is 1. The van der Waals surface area contributed by atoms with Gasteiger partial charge in [-0.15, -0.1) is 0 Å². The summed E-state index contributed by atoms with van der Waals surface area (Å²) in [5, 5.41) is 30.0. The third-order valence-electron chi connectivity index (χ3n) is 7.86. The van der Waals surface area contributed by atoms with Crippen molar-refractivity contribution in [3.8, 4) is 45.6 Å². The van der Waals surface area contributed by atoms with Crippen molar-refractivity contribution >= 4 is 27.9 Å². The molecule has 1 unspecified atom stereocenters. The molecule has 47 heavy (non-hydrogen) atoms. The standard InChI is InChI=1S/C37H22F3N3O3S/c1-21-16-25(37(44)45)10-14-30(21)23-4-2-5-24(17-23)35-34(33-26(19-41)6-3-7-27(33)20-42)31-18-28(38)11-15-32(31)43(35)47(46)29-12-8-22(9-13-29)36(39)40/h2-18,36H,1H3,(H,44,45). The number of carboxylic acid groups (broad SMARTS) is 1. The summed E-state index contributed by atoms with van der Waals surface area (Å²) >= 11 is 0. The number of hydrogen-bond donors (Lipinski definition) is 1. The first-order valence-electron chi connectivity index (χ1n) is 14.2. The number of aromatic nitrogens is 1. The second-order valence-corrected chi connectivity index (χ2v) is 12.0. The number of halogens is 3. The first-order valence-corrected chi connectivity index (χ1v) is 15.3. The van der Waals surface area contributed by atoms with Crippen LogP contribution in [0.15, 0.2) is 108 Å². The maximum Gasteiger partial charge on any atom is 0.335 e. The molecule has 5 aromatic carbocycles. The number of nitriles is 2. The first kappa shape index (κ1) is 31.0. The lowest BCUT2D eigenvalue weighted by Gasteiger charge is -2.16. The molecule has 0 amide bonds. The van der Waals surface area contributed by atoms with Crippen LogP contribution in [-0.4, -0.2) is 19.3 Å². The largest absolute Gasteiger partial charge is 0.478 e. The quantitative estimate of drug-likeness (QED) is 0.186. The van der Waals surface area contributed by atoms with Crippen LogP contribution >= 0.6 is 0 Å². The molecule has 0 saturated heterocycles. The zero-order chi connectivity index (χ0) is 33.4. The Balaban J connectivity index is 1.72. The van der Waals surface area contributed by atoms with Crippen molar-refractivity contribution in [3.05, 3.63) is 137 Å². The van der Waals surface area contributed by atoms with Crippen molar-refractivity contribution < 1.29 is 27.3 Å². The van der Waals surface area contributed by atoms with E-state index in [1.165, 1.54) is 64.6 Å². The summed E-state index contributed by atoms with van der Waals surface area (Å²) < 4.78 is 57.6. The molecular weight excluding hydrogens is 623 g/mol. The van der Waals surface area contributed by atoms with Gasteiger partial charge < -0.3 is 5.11 Å². The molecule has 6 nitrogen and oxygen atoms in total. The Morgan fingerprint density at radius 3 is 2.11 bits per heavy atom. The van der Waals surface area contributed by atoms with E-state index in [0.29, 0.717) is 33.5 Å². The second kappa shape index (κ2) is 12.4. The van der Waals surface area contributed by atoms with Gasteiger partial charge in [-0.05, 0) is 84.3 Å². The Morgan fingerprint density at radius 1 is 0.830 bits per heavy atom. The van der Waals surface area contributed by atoms with Crippen LogP contribution in [0.2, 0.25) is 0 Å². The molecule has 0 spiro atoms. The van der Waals surface area contributed by atoms with Gasteiger partial charge in [0.25, 0.3) is 6.43 Å². The molecule has 0 bridgehead atoms. The summed E-state index contributed by atoms with van der Waals surface area (Å²) in [6.45, 7) is 1.78. The molecule has 0 aliphatic carbocycles. The van der Waals surface area contributed by atoms with Crippen LogP contribution in [0.4, 0.5) is 13.2 Å². The average molecular weight is 646 g/mol. The minimum absolute atomic E-state index is 0.122. The molecule has 0 aliphatic heterocycles. The van der Waals surface area contributed by atoms with E-state index >= 15 is 0 Å². The van der Waals surface area contributed by atoms with Gasteiger partial charge >= 0.3 is 5.97 Å². The van der Waals surface area contributed by atoms with Crippen LogP contribution in [0.3, 0.4) is 0 Å². The van der Waals surface area contributed by atoms with Gasteiger partial charge in [0, 0.05) is 27.6 Å². The summed E-state index contributed by atoms with van der Waals surface area (Å²) in [7, 11) is -2.08. The van der Waals surface area contributed by atoms with Crippen LogP contribution in [0.25, 0.3) is 44.4 Å². The lowest BCUT2D eigenvalue weighted by atomic mass is 9.90. The first-order chi connectivity index (χ1) is 22.6. The average Bonchev–Trinajstić information content (AvgIpc) is 3.41. The smallest absolute Gasteiger partial charge is 0.335 e. The van der Waals surface area contributed by atoms with Crippen molar-refractivity contribution in [2.45, 2.75) is 18.2 Å². The predicted molar refractivity (Wildman–Crippen MR) is 173 cm³/mol. The zero-order valence-corrected chi connectivity index (χ0v) is 25.4. The molecule has 1 heterocycles. The molecule has 0 aliphatic rings. The number of carbonyl (C=O) groups is 1. The summed E-state index contributed by atoms with van der Waals surface area (Å²) in [6, 6.07) is 29.7. The number of benzene rings is 5. The number of carboxylic acids is 1. The summed E-state index contributed by atoms with van der Waals surface area (Å²) in [5.41, 5.74) is 3.87. The zero-order valence-electron chi connectivity index (χ0n) is 24.5. The molecule has 230 valence electrons. The lowest BCUT2D eigenvalue weighted by Crippen LogP contribution is -2.07. The van der Waals surface area contributed by atoms with Gasteiger partial charge in [-0.2, -0.15) is 10.5 Å². The molecule has 0 radical (unpaired) electrons. The highest BCUT2D eigenvalue weighted by molar-refractivity contribution is 7.83. The molecule has 10 heteroatoms. The lowest BCUT2D eigenvalue weighted by molar-refractivity contribution is 0.0696. The fourth-order valence-electron chi connectivity index (χ4n) is 5.72. The number of nitrogens with zero attached hydrogens (tertiary/aromatic N) is 3. The van der Waals surface area contributed by atoms with Crippen molar-refractivity contribution in [3.63, 3.8) is 0 Å². The highest BCUT2D eigenvalue weighted by Gasteiger charge is 2.28. The molecule has 0 fully saturated rings. The second-order valence-electron chi connectivity index (χ2n) is 10.7. The predicted octanol–water partition coefficient (Wildman–Crippen LogP) is 9.04. The van der Waals surface area contributed by atoms with Crippen LogP contribution in [0, 0.1) is 35.4 Å². The van der Waals surface area contributed by atoms with E-state index in [0.717, 1.165) is 5.56 Å². The Labute approximate surface area is 269 Å². The van der Waals surface area contributed by atoms with Gasteiger partial charge in [0.15, 0.2) is 11.0 Å². The van der Waals surface area contributed by atoms with Gasteiger partial charge in [-0.25, -0.2) is 22.2 Å². The molecule has 6 rings (SSSR count). The van der Waals surface area contributed by atoms with E-state index in [4.69, 9.17) is 0 Å². The summed E-state index contributed by atoms with van der Waals surface area (Å²) in [4.78, 5) is 11.7. The maximum atomic E-state index is 15.0. The number of alkyl halides is 2. The minimum Gasteiger partial charge on any atom is -0.478 e. The van der Waals surface area contributed by atoms with Crippen molar-refractivity contribution in [1.29, 1.82) is 10.5 Å². The van der Waals surface area contributed by atoms with E-state index < -0.39 is 29.2 Å². The maximum absolute atomic E-state index is 15.0. The third-order valence-corrected chi connectivity index (χ3v) is 9.25. The molecule has 1 aromatic heterocycles. The topological polar surface area (TPSA) is 107 Å². The normalized spacial score (nSPS) is 11.7. The van der Waals surface area contributed by atoms with Gasteiger partial charge in [0.1, 0.15) is 5.82 Å². The highest BCUT2D eigenvalue weighted by Crippen LogP contribution is 2.45. The molecule has 0 saturated carbocycles. The minimum atomic E-state index is -2.72. The fraction of sp³-hybridized carbons (Fsp3) is 0.0541. The SMILES string of the molecule is Cc1cc(C(=O)O)ccc1-c1cccc(-c2c(-c3c(C#N)cccc3C#N)c3cc(F)ccc3n2S(=O)c2ccc(C(F)F)cc2)c1. The number of rotatable bonds is 7. The van der Waals surface area contributed by atoms with E-state index in [-0.39, 0.29) is 38.1 Å². The van der Waals surface area contributed by atoms with Crippen LogP contribution in [0.1, 0.15) is 39.0 Å². The van der Waals surface area contributed by atoms with Crippen molar-refractivity contribution in [1.82, 2.24) is 3.97 Å². The third kappa shape index (κ3) is 5.56.